The van der Waals surface area contributed by atoms with Crippen molar-refractivity contribution in [3.05, 3.63) is 39.9 Å². The lowest BCUT2D eigenvalue weighted by molar-refractivity contribution is -0.384. The number of non-ortho nitro benzene ring substituents is 1. The highest BCUT2D eigenvalue weighted by Crippen LogP contribution is 2.15. The quantitative estimate of drug-likeness (QED) is 0.608. The monoisotopic (exact) mass is 278 g/mol. The molecule has 0 spiro atoms. The summed E-state index contributed by atoms with van der Waals surface area (Å²) in [5, 5.41) is 10.7. The number of amides is 1. The number of carbonyl (C=O) groups is 1. The van der Waals surface area contributed by atoms with Gasteiger partial charge in [0.05, 0.1) is 18.1 Å². The number of nitrogens with zero attached hydrogens (tertiary/aromatic N) is 2. The number of hydrogen-bond donors (Lipinski definition) is 0. The summed E-state index contributed by atoms with van der Waals surface area (Å²) >= 11 is 0. The van der Waals surface area contributed by atoms with Gasteiger partial charge in [0.1, 0.15) is 0 Å². The first-order chi connectivity index (χ1) is 9.66. The van der Waals surface area contributed by atoms with Crippen molar-refractivity contribution in [2.45, 2.75) is 19.3 Å². The number of hydrogen-bond acceptors (Lipinski definition) is 4. The summed E-state index contributed by atoms with van der Waals surface area (Å²) in [6.45, 7) is 2.54. The zero-order valence-corrected chi connectivity index (χ0v) is 11.3. The Balaban J connectivity index is 1.79. The molecule has 6 nitrogen and oxygen atoms in total. The van der Waals surface area contributed by atoms with Crippen LogP contribution in [-0.2, 0) is 16.0 Å². The number of ether oxygens (including phenoxy) is 1. The fourth-order valence-electron chi connectivity index (χ4n) is 2.24. The van der Waals surface area contributed by atoms with E-state index < -0.39 is 4.92 Å². The summed E-state index contributed by atoms with van der Waals surface area (Å²) in [7, 11) is 0. The normalized spacial score (nSPS) is 15.1. The number of carbonyl (C=O) groups excluding carboxylic acids is 1. The van der Waals surface area contributed by atoms with Crippen LogP contribution in [0.2, 0.25) is 0 Å². The Labute approximate surface area is 117 Å². The lowest BCUT2D eigenvalue weighted by Crippen LogP contribution is -2.40. The van der Waals surface area contributed by atoms with E-state index in [9.17, 15) is 14.9 Å². The summed E-state index contributed by atoms with van der Waals surface area (Å²) < 4.78 is 5.20. The fraction of sp³-hybridized carbons (Fsp3) is 0.500. The van der Waals surface area contributed by atoms with E-state index in [1.165, 1.54) is 6.07 Å². The van der Waals surface area contributed by atoms with E-state index >= 15 is 0 Å². The highest BCUT2D eigenvalue weighted by atomic mass is 16.6. The van der Waals surface area contributed by atoms with Crippen molar-refractivity contribution < 1.29 is 14.5 Å². The number of aryl methyl sites for hydroxylation is 1. The topological polar surface area (TPSA) is 72.7 Å². The maximum absolute atomic E-state index is 11.9. The molecule has 20 heavy (non-hydrogen) atoms. The third-order valence-electron chi connectivity index (χ3n) is 3.34. The number of benzene rings is 1. The maximum Gasteiger partial charge on any atom is 0.269 e. The van der Waals surface area contributed by atoms with E-state index in [1.807, 2.05) is 11.0 Å². The number of nitro benzene ring substituents is 1. The molecular formula is C14H18N2O4. The molecule has 1 saturated heterocycles. The highest BCUT2D eigenvalue weighted by Gasteiger charge is 2.16. The molecule has 1 aliphatic rings. The molecule has 108 valence electrons. The Morgan fingerprint density at radius 3 is 2.80 bits per heavy atom. The van der Waals surface area contributed by atoms with Crippen LogP contribution in [0.5, 0.6) is 0 Å². The second-order valence-electron chi connectivity index (χ2n) is 4.77. The van der Waals surface area contributed by atoms with Gasteiger partial charge in [-0.05, 0) is 18.4 Å². The Morgan fingerprint density at radius 2 is 2.10 bits per heavy atom. The molecular weight excluding hydrogens is 260 g/mol. The smallest absolute Gasteiger partial charge is 0.269 e. The summed E-state index contributed by atoms with van der Waals surface area (Å²) in [5.41, 5.74) is 0.996. The molecule has 0 aliphatic carbocycles. The van der Waals surface area contributed by atoms with Gasteiger partial charge < -0.3 is 9.64 Å². The number of morpholine rings is 1. The van der Waals surface area contributed by atoms with Crippen molar-refractivity contribution in [1.82, 2.24) is 4.90 Å². The van der Waals surface area contributed by atoms with Crippen molar-refractivity contribution in [3.63, 3.8) is 0 Å². The van der Waals surface area contributed by atoms with Crippen molar-refractivity contribution >= 4 is 11.6 Å². The van der Waals surface area contributed by atoms with E-state index in [2.05, 4.69) is 0 Å². The molecule has 1 aromatic carbocycles. The van der Waals surface area contributed by atoms with Crippen LogP contribution in [0, 0.1) is 10.1 Å². The van der Waals surface area contributed by atoms with Crippen LogP contribution < -0.4 is 0 Å². The third kappa shape index (κ3) is 4.03. The molecule has 0 saturated carbocycles. The molecule has 1 fully saturated rings. The zero-order valence-electron chi connectivity index (χ0n) is 11.3. The van der Waals surface area contributed by atoms with Gasteiger partial charge in [0.15, 0.2) is 0 Å². The van der Waals surface area contributed by atoms with Gasteiger partial charge in [0, 0.05) is 31.6 Å². The Hall–Kier alpha value is -1.95. The van der Waals surface area contributed by atoms with Crippen LogP contribution in [0.3, 0.4) is 0 Å². The minimum atomic E-state index is -0.400. The molecule has 0 atom stereocenters. The summed E-state index contributed by atoms with van der Waals surface area (Å²) in [6.07, 6.45) is 1.86. The van der Waals surface area contributed by atoms with Crippen LogP contribution in [0.1, 0.15) is 18.4 Å². The molecule has 1 aromatic rings. The third-order valence-corrected chi connectivity index (χ3v) is 3.34. The molecule has 0 bridgehead atoms. The lowest BCUT2D eigenvalue weighted by Gasteiger charge is -2.26. The van der Waals surface area contributed by atoms with Crippen LogP contribution >= 0.6 is 0 Å². The van der Waals surface area contributed by atoms with Gasteiger partial charge in [-0.15, -0.1) is 0 Å². The predicted octanol–water partition coefficient (Wildman–Crippen LogP) is 1.78. The summed E-state index contributed by atoms with van der Waals surface area (Å²) in [6, 6.07) is 6.57. The van der Waals surface area contributed by atoms with Crippen molar-refractivity contribution in [2.75, 3.05) is 26.3 Å². The number of rotatable bonds is 5. The second kappa shape index (κ2) is 7.00. The molecule has 0 aromatic heterocycles. The molecule has 0 N–H and O–H groups in total. The second-order valence-corrected chi connectivity index (χ2v) is 4.77. The highest BCUT2D eigenvalue weighted by molar-refractivity contribution is 5.76. The van der Waals surface area contributed by atoms with Gasteiger partial charge in [-0.25, -0.2) is 0 Å². The first-order valence-electron chi connectivity index (χ1n) is 6.75. The first-order valence-corrected chi connectivity index (χ1v) is 6.75. The van der Waals surface area contributed by atoms with Crippen molar-refractivity contribution in [2.24, 2.45) is 0 Å². The van der Waals surface area contributed by atoms with Gasteiger partial charge in [-0.2, -0.15) is 0 Å². The molecule has 1 aliphatic heterocycles. The van der Waals surface area contributed by atoms with Gasteiger partial charge in [0.25, 0.3) is 5.69 Å². The minimum Gasteiger partial charge on any atom is -0.378 e. The molecule has 1 heterocycles. The minimum absolute atomic E-state index is 0.0991. The van der Waals surface area contributed by atoms with Gasteiger partial charge >= 0.3 is 0 Å². The summed E-state index contributed by atoms with van der Waals surface area (Å²) in [5.74, 6) is 0.138. The van der Waals surface area contributed by atoms with Crippen LogP contribution in [0.15, 0.2) is 24.3 Å². The SMILES string of the molecule is O=C(CCCc1cccc([N+](=O)[O-])c1)N1CCOCC1. The average molecular weight is 278 g/mol. The van der Waals surface area contributed by atoms with Gasteiger partial charge in [-0.3, -0.25) is 14.9 Å². The first kappa shape index (κ1) is 14.5. The van der Waals surface area contributed by atoms with E-state index in [-0.39, 0.29) is 11.6 Å². The zero-order chi connectivity index (χ0) is 14.4. The fourth-order valence-corrected chi connectivity index (χ4v) is 2.24. The van der Waals surface area contributed by atoms with E-state index in [0.29, 0.717) is 45.6 Å². The molecule has 6 heteroatoms. The lowest BCUT2D eigenvalue weighted by atomic mass is 10.1. The van der Waals surface area contributed by atoms with E-state index in [1.54, 1.807) is 12.1 Å². The van der Waals surface area contributed by atoms with Gasteiger partial charge in [-0.1, -0.05) is 12.1 Å². The largest absolute Gasteiger partial charge is 0.378 e. The molecule has 2 rings (SSSR count). The molecule has 0 radical (unpaired) electrons. The van der Waals surface area contributed by atoms with E-state index in [4.69, 9.17) is 4.74 Å². The Morgan fingerprint density at radius 1 is 1.35 bits per heavy atom. The van der Waals surface area contributed by atoms with Crippen LogP contribution in [0.25, 0.3) is 0 Å². The molecule has 0 unspecified atom stereocenters. The van der Waals surface area contributed by atoms with Crippen molar-refractivity contribution in [1.29, 1.82) is 0 Å². The predicted molar refractivity (Wildman–Crippen MR) is 73.4 cm³/mol. The Kier molecular flexibility index (Phi) is 5.06. The standard InChI is InChI=1S/C14H18N2O4/c17-14(15-7-9-20-10-8-15)6-2-4-12-3-1-5-13(11-12)16(18)19/h1,3,5,11H,2,4,6-10H2. The van der Waals surface area contributed by atoms with Gasteiger partial charge in [0.2, 0.25) is 5.91 Å². The maximum atomic E-state index is 11.9. The average Bonchev–Trinajstić information content (AvgIpc) is 2.48. The van der Waals surface area contributed by atoms with E-state index in [0.717, 1.165) is 5.56 Å². The molecule has 1 amide bonds. The van der Waals surface area contributed by atoms with Crippen LogP contribution in [-0.4, -0.2) is 42.0 Å². The summed E-state index contributed by atoms with van der Waals surface area (Å²) in [4.78, 5) is 24.0. The number of nitro groups is 1. The van der Waals surface area contributed by atoms with Crippen molar-refractivity contribution in [3.8, 4) is 0 Å². The van der Waals surface area contributed by atoms with Crippen LogP contribution in [0.4, 0.5) is 5.69 Å². The Bertz CT molecular complexity index is 484.